The summed E-state index contributed by atoms with van der Waals surface area (Å²) in [5.74, 6) is 1.06. The van der Waals surface area contributed by atoms with Gasteiger partial charge in [-0.05, 0) is 26.2 Å². The molecule has 1 N–H and O–H groups in total. The van der Waals surface area contributed by atoms with Crippen molar-refractivity contribution in [1.82, 2.24) is 14.6 Å². The van der Waals surface area contributed by atoms with Gasteiger partial charge < -0.3 is 10.0 Å². The van der Waals surface area contributed by atoms with Gasteiger partial charge in [-0.3, -0.25) is 0 Å². The number of aryl methyl sites for hydroxylation is 1. The van der Waals surface area contributed by atoms with E-state index in [1.54, 1.807) is 0 Å². The Morgan fingerprint density at radius 2 is 1.92 bits per heavy atom. The fourth-order valence-electron chi connectivity index (χ4n) is 3.36. The molecule has 1 fully saturated rings. The average molecular weight is 322 g/mol. The molecule has 1 aliphatic heterocycles. The summed E-state index contributed by atoms with van der Waals surface area (Å²) in [6.45, 7) is 3.77. The summed E-state index contributed by atoms with van der Waals surface area (Å²) < 4.78 is 1.93. The maximum atomic E-state index is 9.94. The smallest absolute Gasteiger partial charge is 0.158 e. The first-order valence-corrected chi connectivity index (χ1v) is 8.56. The van der Waals surface area contributed by atoms with Crippen LogP contribution in [0.5, 0.6) is 0 Å². The van der Waals surface area contributed by atoms with Crippen LogP contribution < -0.4 is 4.90 Å². The molecule has 0 radical (unpaired) electrons. The van der Waals surface area contributed by atoms with E-state index in [2.05, 4.69) is 28.2 Å². The molecule has 0 saturated carbocycles. The predicted molar refractivity (Wildman–Crippen MR) is 95.2 cm³/mol. The van der Waals surface area contributed by atoms with Gasteiger partial charge in [-0.2, -0.15) is 9.61 Å². The third kappa shape index (κ3) is 2.87. The standard InChI is InChI=1S/C19H22N4O/c1-14-12-18-20-17(15-6-3-2-4-7-15)13-19(23(18)21-14)22-10-5-8-16(24)9-11-22/h2-4,6-7,12-13,16,24H,5,8-11H2,1H3/t16-/m0/s1. The molecule has 1 saturated heterocycles. The van der Waals surface area contributed by atoms with Crippen LogP contribution in [0.3, 0.4) is 0 Å². The fourth-order valence-corrected chi connectivity index (χ4v) is 3.36. The summed E-state index contributed by atoms with van der Waals surface area (Å²) >= 11 is 0. The Labute approximate surface area is 141 Å². The summed E-state index contributed by atoms with van der Waals surface area (Å²) in [6.07, 6.45) is 2.46. The van der Waals surface area contributed by atoms with Crippen LogP contribution in [0.15, 0.2) is 42.5 Å². The second-order valence-electron chi connectivity index (χ2n) is 6.49. The van der Waals surface area contributed by atoms with Crippen LogP contribution in [0, 0.1) is 6.92 Å². The Morgan fingerprint density at radius 1 is 1.08 bits per heavy atom. The topological polar surface area (TPSA) is 53.7 Å². The zero-order valence-corrected chi connectivity index (χ0v) is 13.9. The van der Waals surface area contributed by atoms with Gasteiger partial charge in [0.25, 0.3) is 0 Å². The molecule has 0 bridgehead atoms. The minimum absolute atomic E-state index is 0.194. The van der Waals surface area contributed by atoms with Gasteiger partial charge in [0.1, 0.15) is 5.82 Å². The van der Waals surface area contributed by atoms with Crippen molar-refractivity contribution < 1.29 is 5.11 Å². The lowest BCUT2D eigenvalue weighted by atomic mass is 10.1. The highest BCUT2D eigenvalue weighted by molar-refractivity contribution is 5.67. The quantitative estimate of drug-likeness (QED) is 0.788. The number of hydrogen-bond acceptors (Lipinski definition) is 4. The second-order valence-corrected chi connectivity index (χ2v) is 6.49. The molecule has 1 aromatic carbocycles. The average Bonchev–Trinajstić information content (AvgIpc) is 2.84. The van der Waals surface area contributed by atoms with Gasteiger partial charge in [-0.15, -0.1) is 0 Å². The lowest BCUT2D eigenvalue weighted by Crippen LogP contribution is -2.27. The minimum Gasteiger partial charge on any atom is -0.393 e. The molecule has 5 heteroatoms. The molecule has 1 aliphatic rings. The van der Waals surface area contributed by atoms with E-state index in [1.165, 1.54) is 0 Å². The monoisotopic (exact) mass is 322 g/mol. The maximum absolute atomic E-state index is 9.94. The molecule has 3 heterocycles. The van der Waals surface area contributed by atoms with E-state index >= 15 is 0 Å². The Hall–Kier alpha value is -2.40. The number of hydrogen-bond donors (Lipinski definition) is 1. The van der Waals surface area contributed by atoms with E-state index in [9.17, 15) is 5.11 Å². The molecule has 0 unspecified atom stereocenters. The predicted octanol–water partition coefficient (Wildman–Crippen LogP) is 3.06. The zero-order chi connectivity index (χ0) is 16.5. The number of aliphatic hydroxyl groups is 1. The van der Waals surface area contributed by atoms with Gasteiger partial charge in [0, 0.05) is 30.8 Å². The molecule has 0 amide bonds. The van der Waals surface area contributed by atoms with Crippen LogP contribution in [0.25, 0.3) is 16.9 Å². The van der Waals surface area contributed by atoms with Crippen molar-refractivity contribution in [2.75, 3.05) is 18.0 Å². The third-order valence-electron chi connectivity index (χ3n) is 4.62. The van der Waals surface area contributed by atoms with Crippen molar-refractivity contribution in [3.05, 3.63) is 48.2 Å². The highest BCUT2D eigenvalue weighted by Crippen LogP contribution is 2.26. The largest absolute Gasteiger partial charge is 0.393 e. The second kappa shape index (κ2) is 6.24. The van der Waals surface area contributed by atoms with Crippen LogP contribution in [0.2, 0.25) is 0 Å². The molecule has 5 nitrogen and oxygen atoms in total. The van der Waals surface area contributed by atoms with Gasteiger partial charge in [-0.25, -0.2) is 4.98 Å². The Kier molecular flexibility index (Phi) is 3.94. The lowest BCUT2D eigenvalue weighted by Gasteiger charge is -2.23. The maximum Gasteiger partial charge on any atom is 0.158 e. The van der Waals surface area contributed by atoms with Crippen LogP contribution in [-0.2, 0) is 0 Å². The first-order chi connectivity index (χ1) is 11.7. The molecule has 1 atom stereocenters. The summed E-state index contributed by atoms with van der Waals surface area (Å²) in [7, 11) is 0. The first kappa shape index (κ1) is 15.1. The van der Waals surface area contributed by atoms with E-state index in [-0.39, 0.29) is 6.10 Å². The summed E-state index contributed by atoms with van der Waals surface area (Å²) in [5.41, 5.74) is 3.90. The molecule has 3 aromatic rings. The van der Waals surface area contributed by atoms with E-state index < -0.39 is 0 Å². The zero-order valence-electron chi connectivity index (χ0n) is 13.9. The van der Waals surface area contributed by atoms with Gasteiger partial charge >= 0.3 is 0 Å². The molecule has 24 heavy (non-hydrogen) atoms. The normalized spacial score (nSPS) is 18.8. The van der Waals surface area contributed by atoms with Crippen LogP contribution in [0.1, 0.15) is 25.0 Å². The van der Waals surface area contributed by atoms with Crippen LogP contribution in [0.4, 0.5) is 5.82 Å². The number of aromatic nitrogens is 3. The number of nitrogens with zero attached hydrogens (tertiary/aromatic N) is 4. The van der Waals surface area contributed by atoms with Crippen molar-refractivity contribution in [3.63, 3.8) is 0 Å². The Bertz CT molecular complexity index is 843. The number of anilines is 1. The van der Waals surface area contributed by atoms with Crippen molar-refractivity contribution in [2.45, 2.75) is 32.3 Å². The highest BCUT2D eigenvalue weighted by Gasteiger charge is 2.19. The lowest BCUT2D eigenvalue weighted by molar-refractivity contribution is 0.161. The van der Waals surface area contributed by atoms with Gasteiger partial charge in [0.2, 0.25) is 0 Å². The van der Waals surface area contributed by atoms with E-state index in [0.29, 0.717) is 0 Å². The van der Waals surface area contributed by atoms with Gasteiger partial charge in [-0.1, -0.05) is 30.3 Å². The van der Waals surface area contributed by atoms with Crippen LogP contribution >= 0.6 is 0 Å². The van der Waals surface area contributed by atoms with E-state index in [4.69, 9.17) is 4.98 Å². The van der Waals surface area contributed by atoms with Crippen molar-refractivity contribution in [3.8, 4) is 11.3 Å². The van der Waals surface area contributed by atoms with Crippen molar-refractivity contribution >= 4 is 11.5 Å². The third-order valence-corrected chi connectivity index (χ3v) is 4.62. The first-order valence-electron chi connectivity index (χ1n) is 8.56. The SMILES string of the molecule is Cc1cc2nc(-c3ccccc3)cc(N3CCC[C@H](O)CC3)n2n1. The Balaban J connectivity index is 1.83. The Morgan fingerprint density at radius 3 is 2.75 bits per heavy atom. The van der Waals surface area contributed by atoms with E-state index in [0.717, 1.165) is 60.8 Å². The summed E-state index contributed by atoms with van der Waals surface area (Å²) in [4.78, 5) is 7.11. The van der Waals surface area contributed by atoms with Crippen LogP contribution in [-0.4, -0.2) is 38.9 Å². The molecule has 0 spiro atoms. The van der Waals surface area contributed by atoms with Gasteiger partial charge in [0.15, 0.2) is 5.65 Å². The molecule has 124 valence electrons. The van der Waals surface area contributed by atoms with E-state index in [1.807, 2.05) is 35.7 Å². The van der Waals surface area contributed by atoms with Crippen molar-refractivity contribution in [2.24, 2.45) is 0 Å². The summed E-state index contributed by atoms with van der Waals surface area (Å²) in [5, 5.41) is 14.6. The molecular weight excluding hydrogens is 300 g/mol. The molecular formula is C19H22N4O. The molecule has 4 rings (SSSR count). The number of aliphatic hydroxyl groups excluding tert-OH is 1. The molecule has 0 aliphatic carbocycles. The number of rotatable bonds is 2. The number of benzene rings is 1. The van der Waals surface area contributed by atoms with Crippen molar-refractivity contribution in [1.29, 1.82) is 0 Å². The minimum atomic E-state index is -0.194. The fraction of sp³-hybridized carbons (Fsp3) is 0.368. The number of fused-ring (bicyclic) bond motifs is 1. The molecule has 2 aromatic heterocycles. The summed E-state index contributed by atoms with van der Waals surface area (Å²) in [6, 6.07) is 14.4. The highest BCUT2D eigenvalue weighted by atomic mass is 16.3. The van der Waals surface area contributed by atoms with Gasteiger partial charge in [0.05, 0.1) is 17.5 Å².